The Hall–Kier alpha value is -1.18. The summed E-state index contributed by atoms with van der Waals surface area (Å²) in [4.78, 5) is 5.55. The van der Waals surface area contributed by atoms with Gasteiger partial charge in [-0.15, -0.1) is 22.7 Å². The largest absolute Gasteiger partial charge is 0.392 e. The first-order valence-corrected chi connectivity index (χ1v) is 12.0. The number of rotatable bonds is 4. The fraction of sp³-hybridized carbons (Fsp3) is 0.476. The minimum atomic E-state index is -0.0162. The quantitative estimate of drug-likeness (QED) is 0.410. The number of thiophene rings is 2. The van der Waals surface area contributed by atoms with Crippen LogP contribution in [0.25, 0.3) is 10.2 Å². The molecule has 0 unspecified atom stereocenters. The van der Waals surface area contributed by atoms with Crippen LogP contribution >= 0.6 is 34.3 Å². The zero-order valence-corrected chi connectivity index (χ0v) is 19.0. The molecule has 3 aromatic rings. The molecule has 4 nitrogen and oxygen atoms in total. The first kappa shape index (κ1) is 23.1. The van der Waals surface area contributed by atoms with Gasteiger partial charge in [-0.3, -0.25) is 0 Å². The molecule has 1 aliphatic rings. The van der Waals surface area contributed by atoms with Gasteiger partial charge in [-0.1, -0.05) is 50.8 Å². The van der Waals surface area contributed by atoms with E-state index in [0.29, 0.717) is 11.2 Å². The average Bonchev–Trinajstić information content (AvgIpc) is 3.38. The molecule has 0 atom stereocenters. The number of anilines is 1. The first-order chi connectivity index (χ1) is 13.7. The van der Waals surface area contributed by atoms with Crippen molar-refractivity contribution < 1.29 is 5.11 Å². The molecule has 4 rings (SSSR count). The van der Waals surface area contributed by atoms with E-state index in [9.17, 15) is 5.11 Å². The summed E-state index contributed by atoms with van der Waals surface area (Å²) in [5.41, 5.74) is 8.21. The van der Waals surface area contributed by atoms with E-state index >= 15 is 0 Å². The van der Waals surface area contributed by atoms with Crippen LogP contribution < -0.4 is 11.1 Å². The lowest BCUT2D eigenvalue weighted by molar-refractivity contribution is 0.283. The van der Waals surface area contributed by atoms with Gasteiger partial charge in [0.15, 0.2) is 0 Å². The fourth-order valence-electron chi connectivity index (χ4n) is 3.00. The molecule has 0 amide bonds. The maximum absolute atomic E-state index is 9.29. The normalized spacial score (nSPS) is 14.0. The van der Waals surface area contributed by atoms with Crippen molar-refractivity contribution in [3.05, 3.63) is 44.6 Å². The van der Waals surface area contributed by atoms with E-state index < -0.39 is 0 Å². The number of halogens is 1. The summed E-state index contributed by atoms with van der Waals surface area (Å²) >= 11 is 9.33. The maximum atomic E-state index is 9.29. The molecule has 3 aromatic heterocycles. The van der Waals surface area contributed by atoms with E-state index in [1.54, 1.807) is 22.7 Å². The standard InChI is InChI=1S/C13H11ClN2OS2.C6H13N.C2H6/c14-11-4-10(15-5-9-2-1-3-18-9)13-12(16-11)8(6-17)7-19-13;7-6-4-2-1-3-5-6;1-2/h1-4,7,17H,5-6H2,(H,15,16);6H,1-5,7H2;1-2H3. The highest BCUT2D eigenvalue weighted by molar-refractivity contribution is 7.18. The van der Waals surface area contributed by atoms with Crippen molar-refractivity contribution in [3.63, 3.8) is 0 Å². The highest BCUT2D eigenvalue weighted by atomic mass is 35.5. The summed E-state index contributed by atoms with van der Waals surface area (Å²) in [6, 6.07) is 6.49. The Balaban J connectivity index is 0.000000261. The Bertz CT molecular complexity index is 815. The lowest BCUT2D eigenvalue weighted by Crippen LogP contribution is -2.22. The molecule has 4 N–H and O–H groups in total. The van der Waals surface area contributed by atoms with E-state index in [4.69, 9.17) is 17.3 Å². The van der Waals surface area contributed by atoms with Crippen molar-refractivity contribution in [3.8, 4) is 0 Å². The van der Waals surface area contributed by atoms with Crippen LogP contribution in [0.3, 0.4) is 0 Å². The zero-order chi connectivity index (χ0) is 20.4. The number of nitrogens with two attached hydrogens (primary N) is 1. The number of hydrogen-bond acceptors (Lipinski definition) is 6. The van der Waals surface area contributed by atoms with Crippen molar-refractivity contribution in [2.75, 3.05) is 5.32 Å². The molecule has 28 heavy (non-hydrogen) atoms. The highest BCUT2D eigenvalue weighted by Crippen LogP contribution is 2.33. The summed E-state index contributed by atoms with van der Waals surface area (Å²) < 4.78 is 1.03. The molecular weight excluding hydrogens is 410 g/mol. The van der Waals surface area contributed by atoms with Crippen LogP contribution in [-0.4, -0.2) is 16.1 Å². The summed E-state index contributed by atoms with van der Waals surface area (Å²) in [5, 5.41) is 17.1. The Kier molecular flexibility index (Phi) is 10.2. The lowest BCUT2D eigenvalue weighted by Gasteiger charge is -2.15. The molecule has 1 aliphatic carbocycles. The van der Waals surface area contributed by atoms with Gasteiger partial charge in [0.1, 0.15) is 5.15 Å². The second kappa shape index (κ2) is 12.4. The second-order valence-corrected chi connectivity index (χ2v) is 8.72. The number of nitrogens with one attached hydrogen (secondary N) is 1. The summed E-state index contributed by atoms with van der Waals surface area (Å²) in [6.45, 7) is 4.75. The Morgan fingerprint density at radius 3 is 2.57 bits per heavy atom. The third kappa shape index (κ3) is 6.71. The number of hydrogen-bond donors (Lipinski definition) is 3. The maximum Gasteiger partial charge on any atom is 0.131 e. The molecule has 0 spiro atoms. The van der Waals surface area contributed by atoms with E-state index in [1.807, 2.05) is 31.4 Å². The van der Waals surface area contributed by atoms with Crippen LogP contribution in [0.1, 0.15) is 56.4 Å². The molecule has 0 saturated heterocycles. The topological polar surface area (TPSA) is 71.2 Å². The number of pyridine rings is 1. The third-order valence-corrected chi connectivity index (χ3v) is 6.54. The van der Waals surface area contributed by atoms with Crippen LogP contribution in [0, 0.1) is 0 Å². The summed E-state index contributed by atoms with van der Waals surface area (Å²) in [7, 11) is 0. The predicted molar refractivity (Wildman–Crippen MR) is 125 cm³/mol. The highest BCUT2D eigenvalue weighted by Gasteiger charge is 2.11. The van der Waals surface area contributed by atoms with Crippen molar-refractivity contribution in [1.29, 1.82) is 0 Å². The van der Waals surface area contributed by atoms with Gasteiger partial charge >= 0.3 is 0 Å². The summed E-state index contributed by atoms with van der Waals surface area (Å²) in [6.07, 6.45) is 6.66. The van der Waals surface area contributed by atoms with Crippen molar-refractivity contribution in [2.45, 2.75) is 65.1 Å². The number of nitrogens with zero attached hydrogens (tertiary/aromatic N) is 1. The fourth-order valence-corrected chi connectivity index (χ4v) is 4.83. The number of aliphatic hydroxyl groups is 1. The van der Waals surface area contributed by atoms with Gasteiger partial charge in [-0.05, 0) is 29.7 Å². The lowest BCUT2D eigenvalue weighted by atomic mass is 9.97. The van der Waals surface area contributed by atoms with E-state index in [2.05, 4.69) is 21.7 Å². The SMILES string of the molecule is CC.NC1CCCCC1.OCc1csc2c(NCc3cccs3)cc(Cl)nc12. The minimum absolute atomic E-state index is 0.0162. The summed E-state index contributed by atoms with van der Waals surface area (Å²) in [5.74, 6) is 0. The number of aromatic nitrogens is 1. The molecule has 0 aliphatic heterocycles. The Morgan fingerprint density at radius 1 is 1.25 bits per heavy atom. The molecule has 154 valence electrons. The van der Waals surface area contributed by atoms with Gasteiger partial charge in [0.05, 0.1) is 22.5 Å². The van der Waals surface area contributed by atoms with E-state index in [-0.39, 0.29) is 6.61 Å². The molecule has 0 aromatic carbocycles. The third-order valence-electron chi connectivity index (χ3n) is 4.42. The van der Waals surface area contributed by atoms with Gasteiger partial charge in [0, 0.05) is 29.1 Å². The van der Waals surface area contributed by atoms with Crippen LogP contribution in [-0.2, 0) is 13.2 Å². The molecule has 0 radical (unpaired) electrons. The molecule has 1 saturated carbocycles. The smallest absolute Gasteiger partial charge is 0.131 e. The number of aliphatic hydroxyl groups excluding tert-OH is 1. The van der Waals surface area contributed by atoms with Gasteiger partial charge in [0.25, 0.3) is 0 Å². The monoisotopic (exact) mass is 439 g/mol. The van der Waals surface area contributed by atoms with Crippen LogP contribution in [0.2, 0.25) is 5.15 Å². The second-order valence-electron chi connectivity index (χ2n) is 6.42. The van der Waals surface area contributed by atoms with Gasteiger partial charge in [-0.2, -0.15) is 0 Å². The predicted octanol–water partition coefficient (Wildman–Crippen LogP) is 6.42. The minimum Gasteiger partial charge on any atom is -0.392 e. The van der Waals surface area contributed by atoms with Crippen LogP contribution in [0.15, 0.2) is 29.0 Å². The molecular formula is C21H30ClN3OS2. The van der Waals surface area contributed by atoms with Crippen LogP contribution in [0.4, 0.5) is 5.69 Å². The Morgan fingerprint density at radius 2 is 2.00 bits per heavy atom. The zero-order valence-electron chi connectivity index (χ0n) is 16.6. The molecule has 0 bridgehead atoms. The van der Waals surface area contributed by atoms with Crippen LogP contribution in [0.5, 0.6) is 0 Å². The molecule has 1 fully saturated rings. The van der Waals surface area contributed by atoms with Gasteiger partial charge in [-0.25, -0.2) is 4.98 Å². The van der Waals surface area contributed by atoms with Crippen molar-refractivity contribution in [2.24, 2.45) is 5.73 Å². The van der Waals surface area contributed by atoms with Crippen molar-refractivity contribution in [1.82, 2.24) is 4.98 Å². The van der Waals surface area contributed by atoms with Gasteiger partial charge < -0.3 is 16.2 Å². The molecule has 3 heterocycles. The van der Waals surface area contributed by atoms with E-state index in [0.717, 1.165) is 28.0 Å². The van der Waals surface area contributed by atoms with Gasteiger partial charge in [0.2, 0.25) is 0 Å². The first-order valence-electron chi connectivity index (χ1n) is 9.86. The number of fused-ring (bicyclic) bond motifs is 1. The van der Waals surface area contributed by atoms with Crippen molar-refractivity contribution >= 4 is 50.2 Å². The average molecular weight is 440 g/mol. The van der Waals surface area contributed by atoms with E-state index in [1.165, 1.54) is 37.0 Å². The Labute approximate surface area is 180 Å². The molecule has 7 heteroatoms.